The highest BCUT2D eigenvalue weighted by Crippen LogP contribution is 2.28. The molecule has 29 heavy (non-hydrogen) atoms. The standard InChI is InChI=1S/C22H27FN2O4/c1-3-29-21-14-17(6-9-20(21)27-2)22(26)24-15-19(25-10-12-28-13-11-25)16-4-7-18(23)8-5-16/h4-9,14,19H,3,10-13,15H2,1-2H3,(H,24,26). The average Bonchev–Trinajstić information content (AvgIpc) is 2.76. The zero-order valence-electron chi connectivity index (χ0n) is 16.8. The molecular weight excluding hydrogens is 375 g/mol. The normalized spacial score (nSPS) is 15.6. The number of amides is 1. The van der Waals surface area contributed by atoms with Gasteiger partial charge in [-0.05, 0) is 42.8 Å². The number of ether oxygens (including phenoxy) is 3. The molecule has 2 aromatic rings. The maximum Gasteiger partial charge on any atom is 0.251 e. The number of hydrogen-bond acceptors (Lipinski definition) is 5. The second-order valence-corrected chi connectivity index (χ2v) is 6.72. The first-order chi connectivity index (χ1) is 14.1. The van der Waals surface area contributed by atoms with Crippen LogP contribution in [-0.2, 0) is 4.74 Å². The van der Waals surface area contributed by atoms with E-state index in [0.29, 0.717) is 43.4 Å². The van der Waals surface area contributed by atoms with Crippen molar-refractivity contribution in [3.8, 4) is 11.5 Å². The maximum absolute atomic E-state index is 13.4. The number of nitrogens with zero attached hydrogens (tertiary/aromatic N) is 1. The Balaban J connectivity index is 1.73. The summed E-state index contributed by atoms with van der Waals surface area (Å²) in [5, 5.41) is 3.00. The van der Waals surface area contributed by atoms with Crippen molar-refractivity contribution in [2.75, 3.05) is 46.6 Å². The van der Waals surface area contributed by atoms with Crippen molar-refractivity contribution in [2.45, 2.75) is 13.0 Å². The lowest BCUT2D eigenvalue weighted by Crippen LogP contribution is -2.43. The average molecular weight is 402 g/mol. The molecule has 6 nitrogen and oxygen atoms in total. The van der Waals surface area contributed by atoms with Gasteiger partial charge in [-0.15, -0.1) is 0 Å². The fraction of sp³-hybridized carbons (Fsp3) is 0.409. The van der Waals surface area contributed by atoms with Crippen LogP contribution < -0.4 is 14.8 Å². The van der Waals surface area contributed by atoms with E-state index in [4.69, 9.17) is 14.2 Å². The van der Waals surface area contributed by atoms with Gasteiger partial charge in [0.15, 0.2) is 11.5 Å². The molecule has 0 saturated carbocycles. The van der Waals surface area contributed by atoms with Crippen molar-refractivity contribution < 1.29 is 23.4 Å². The molecule has 156 valence electrons. The van der Waals surface area contributed by atoms with E-state index in [9.17, 15) is 9.18 Å². The molecule has 0 aromatic heterocycles. The van der Waals surface area contributed by atoms with E-state index in [2.05, 4.69) is 10.2 Å². The van der Waals surface area contributed by atoms with Crippen LogP contribution in [0.1, 0.15) is 28.9 Å². The summed E-state index contributed by atoms with van der Waals surface area (Å²) >= 11 is 0. The first-order valence-corrected chi connectivity index (χ1v) is 9.78. The van der Waals surface area contributed by atoms with Crippen molar-refractivity contribution in [1.82, 2.24) is 10.2 Å². The predicted molar refractivity (Wildman–Crippen MR) is 108 cm³/mol. The van der Waals surface area contributed by atoms with Crippen molar-refractivity contribution in [3.63, 3.8) is 0 Å². The maximum atomic E-state index is 13.4. The number of halogens is 1. The molecule has 1 atom stereocenters. The summed E-state index contributed by atoms with van der Waals surface area (Å²) in [7, 11) is 1.56. The summed E-state index contributed by atoms with van der Waals surface area (Å²) < 4.78 is 29.6. The van der Waals surface area contributed by atoms with E-state index in [-0.39, 0.29) is 17.8 Å². The first kappa shape index (κ1) is 21.1. The van der Waals surface area contributed by atoms with Crippen molar-refractivity contribution in [2.24, 2.45) is 0 Å². The van der Waals surface area contributed by atoms with Gasteiger partial charge in [0.1, 0.15) is 5.82 Å². The van der Waals surface area contributed by atoms with Crippen molar-refractivity contribution >= 4 is 5.91 Å². The van der Waals surface area contributed by atoms with Gasteiger partial charge in [0.2, 0.25) is 0 Å². The predicted octanol–water partition coefficient (Wildman–Crippen LogP) is 3.04. The lowest BCUT2D eigenvalue weighted by Gasteiger charge is -2.35. The Kier molecular flexibility index (Phi) is 7.43. The molecule has 3 rings (SSSR count). The van der Waals surface area contributed by atoms with Crippen LogP contribution in [0, 0.1) is 5.82 Å². The minimum absolute atomic E-state index is 0.0620. The summed E-state index contributed by atoms with van der Waals surface area (Å²) in [5.41, 5.74) is 1.45. The molecule has 1 fully saturated rings. The van der Waals surface area contributed by atoms with Crippen LogP contribution in [0.25, 0.3) is 0 Å². The molecule has 1 aliphatic heterocycles. The van der Waals surface area contributed by atoms with Gasteiger partial charge in [-0.3, -0.25) is 9.69 Å². The molecular formula is C22H27FN2O4. The summed E-state index contributed by atoms with van der Waals surface area (Å²) in [5.74, 6) is 0.640. The van der Waals surface area contributed by atoms with Crippen LogP contribution in [-0.4, -0.2) is 57.4 Å². The third-order valence-corrected chi connectivity index (χ3v) is 4.92. The summed E-state index contributed by atoms with van der Waals surface area (Å²) in [6, 6.07) is 11.5. The van der Waals surface area contributed by atoms with Gasteiger partial charge in [-0.25, -0.2) is 4.39 Å². The second kappa shape index (κ2) is 10.2. The van der Waals surface area contributed by atoms with Gasteiger partial charge < -0.3 is 19.5 Å². The fourth-order valence-corrected chi connectivity index (χ4v) is 3.41. The molecule has 0 spiro atoms. The SMILES string of the molecule is CCOc1cc(C(=O)NCC(c2ccc(F)cc2)N2CCOCC2)ccc1OC. The van der Waals surface area contributed by atoms with Crippen LogP contribution in [0.5, 0.6) is 11.5 Å². The third kappa shape index (κ3) is 5.46. The zero-order chi connectivity index (χ0) is 20.6. The fourth-order valence-electron chi connectivity index (χ4n) is 3.41. The van der Waals surface area contributed by atoms with E-state index < -0.39 is 0 Å². The summed E-state index contributed by atoms with van der Waals surface area (Å²) in [6.45, 7) is 5.56. The number of morpholine rings is 1. The van der Waals surface area contributed by atoms with Gasteiger partial charge in [0, 0.05) is 25.2 Å². The molecule has 1 unspecified atom stereocenters. The van der Waals surface area contributed by atoms with E-state index in [1.807, 2.05) is 6.92 Å². The Labute approximate surface area is 170 Å². The van der Waals surface area contributed by atoms with Gasteiger partial charge >= 0.3 is 0 Å². The number of hydrogen-bond donors (Lipinski definition) is 1. The number of methoxy groups -OCH3 is 1. The zero-order valence-corrected chi connectivity index (χ0v) is 16.8. The molecule has 0 bridgehead atoms. The topological polar surface area (TPSA) is 60.0 Å². The quantitative estimate of drug-likeness (QED) is 0.736. The van der Waals surface area contributed by atoms with Gasteiger partial charge in [0.25, 0.3) is 5.91 Å². The van der Waals surface area contributed by atoms with E-state index in [0.717, 1.165) is 18.7 Å². The monoisotopic (exact) mass is 402 g/mol. The minimum Gasteiger partial charge on any atom is -0.493 e. The highest BCUT2D eigenvalue weighted by atomic mass is 19.1. The minimum atomic E-state index is -0.278. The highest BCUT2D eigenvalue weighted by molar-refractivity contribution is 5.94. The van der Waals surface area contributed by atoms with E-state index in [1.54, 1.807) is 37.4 Å². The largest absolute Gasteiger partial charge is 0.493 e. The summed E-state index contributed by atoms with van der Waals surface area (Å²) in [4.78, 5) is 15.0. The number of carbonyl (C=O) groups excluding carboxylic acids is 1. The lowest BCUT2D eigenvalue weighted by molar-refractivity contribution is 0.0162. The smallest absolute Gasteiger partial charge is 0.251 e. The molecule has 0 aliphatic carbocycles. The van der Waals surface area contributed by atoms with Crippen LogP contribution in [0.4, 0.5) is 4.39 Å². The first-order valence-electron chi connectivity index (χ1n) is 9.78. The Bertz CT molecular complexity index is 807. The number of benzene rings is 2. The molecule has 7 heteroatoms. The van der Waals surface area contributed by atoms with Crippen LogP contribution in [0.3, 0.4) is 0 Å². The summed E-state index contributed by atoms with van der Waals surface area (Å²) in [6.07, 6.45) is 0. The molecule has 0 radical (unpaired) electrons. The number of rotatable bonds is 8. The van der Waals surface area contributed by atoms with E-state index in [1.165, 1.54) is 12.1 Å². The van der Waals surface area contributed by atoms with Gasteiger partial charge in [-0.1, -0.05) is 12.1 Å². The second-order valence-electron chi connectivity index (χ2n) is 6.72. The molecule has 1 saturated heterocycles. The lowest BCUT2D eigenvalue weighted by atomic mass is 10.0. The highest BCUT2D eigenvalue weighted by Gasteiger charge is 2.23. The van der Waals surface area contributed by atoms with Crippen LogP contribution in [0.2, 0.25) is 0 Å². The van der Waals surface area contributed by atoms with Gasteiger partial charge in [0.05, 0.1) is 33.0 Å². The Morgan fingerprint density at radius 3 is 2.55 bits per heavy atom. The molecule has 1 amide bonds. The van der Waals surface area contributed by atoms with Crippen molar-refractivity contribution in [1.29, 1.82) is 0 Å². The molecule has 2 aromatic carbocycles. The van der Waals surface area contributed by atoms with Gasteiger partial charge in [-0.2, -0.15) is 0 Å². The number of nitrogens with one attached hydrogen (secondary N) is 1. The van der Waals surface area contributed by atoms with E-state index >= 15 is 0 Å². The van der Waals surface area contributed by atoms with Crippen LogP contribution in [0.15, 0.2) is 42.5 Å². The third-order valence-electron chi connectivity index (χ3n) is 4.92. The van der Waals surface area contributed by atoms with Crippen molar-refractivity contribution in [3.05, 3.63) is 59.4 Å². The Hall–Kier alpha value is -2.64. The Morgan fingerprint density at radius 1 is 1.17 bits per heavy atom. The van der Waals surface area contributed by atoms with Crippen LogP contribution >= 0.6 is 0 Å². The molecule has 1 aliphatic rings. The number of carbonyl (C=O) groups is 1. The molecule has 1 heterocycles. The Morgan fingerprint density at radius 2 is 1.90 bits per heavy atom. The molecule has 1 N–H and O–H groups in total.